The lowest BCUT2D eigenvalue weighted by atomic mass is 10.0. The second-order valence-electron chi connectivity index (χ2n) is 5.82. The van der Waals surface area contributed by atoms with Crippen LogP contribution in [0.15, 0.2) is 72.9 Å². The van der Waals surface area contributed by atoms with Gasteiger partial charge in [-0.1, -0.05) is 66.2 Å². The van der Waals surface area contributed by atoms with Gasteiger partial charge in [0.25, 0.3) is 0 Å². The molecule has 4 aromatic rings. The summed E-state index contributed by atoms with van der Waals surface area (Å²) in [6.45, 7) is 2.12. The molecule has 112 valence electrons. The van der Waals surface area contributed by atoms with Crippen LogP contribution in [0.25, 0.3) is 17.0 Å². The van der Waals surface area contributed by atoms with Crippen molar-refractivity contribution in [1.82, 2.24) is 14.6 Å². The highest BCUT2D eigenvalue weighted by atomic mass is 15.2. The number of hydrogen-bond donors (Lipinski definition) is 0. The Balaban J connectivity index is 1.75. The molecule has 0 aliphatic heterocycles. The van der Waals surface area contributed by atoms with Crippen LogP contribution in [-0.2, 0) is 6.42 Å². The third-order valence-corrected chi connectivity index (χ3v) is 3.99. The fourth-order valence-electron chi connectivity index (χ4n) is 2.88. The zero-order valence-electron chi connectivity index (χ0n) is 13.0. The quantitative estimate of drug-likeness (QED) is 0.565. The Hall–Kier alpha value is -2.94. The van der Waals surface area contributed by atoms with Crippen molar-refractivity contribution in [3.8, 4) is 11.4 Å². The van der Waals surface area contributed by atoms with Crippen molar-refractivity contribution in [2.24, 2.45) is 0 Å². The van der Waals surface area contributed by atoms with E-state index in [-0.39, 0.29) is 0 Å². The van der Waals surface area contributed by atoms with Crippen molar-refractivity contribution < 1.29 is 0 Å². The van der Waals surface area contributed by atoms with Gasteiger partial charge in [0.2, 0.25) is 0 Å². The molecule has 0 aliphatic rings. The number of hydrogen-bond acceptors (Lipinski definition) is 2. The largest absolute Gasteiger partial charge is 0.282 e. The van der Waals surface area contributed by atoms with Gasteiger partial charge in [0.05, 0.1) is 0 Å². The summed E-state index contributed by atoms with van der Waals surface area (Å²) in [4.78, 5) is 0. The summed E-state index contributed by atoms with van der Waals surface area (Å²) in [5, 5.41) is 8.61. The molecule has 0 spiro atoms. The molecule has 0 radical (unpaired) electrons. The van der Waals surface area contributed by atoms with Gasteiger partial charge in [-0.05, 0) is 30.5 Å². The van der Waals surface area contributed by atoms with Gasteiger partial charge in [-0.15, -0.1) is 10.2 Å². The second-order valence-corrected chi connectivity index (χ2v) is 5.82. The van der Waals surface area contributed by atoms with E-state index in [9.17, 15) is 0 Å². The van der Waals surface area contributed by atoms with Gasteiger partial charge in [0, 0.05) is 11.8 Å². The van der Waals surface area contributed by atoms with Gasteiger partial charge >= 0.3 is 0 Å². The summed E-state index contributed by atoms with van der Waals surface area (Å²) in [6, 6.07) is 23.0. The number of aryl methyl sites for hydroxylation is 1. The minimum atomic E-state index is 0.872. The van der Waals surface area contributed by atoms with Crippen LogP contribution in [0.5, 0.6) is 0 Å². The predicted molar refractivity (Wildman–Crippen MR) is 92.4 cm³/mol. The Morgan fingerprint density at radius 3 is 2.52 bits per heavy atom. The third kappa shape index (κ3) is 2.73. The third-order valence-electron chi connectivity index (χ3n) is 3.99. The van der Waals surface area contributed by atoms with E-state index in [2.05, 4.69) is 70.2 Å². The van der Waals surface area contributed by atoms with Crippen LogP contribution in [0.4, 0.5) is 0 Å². The maximum atomic E-state index is 4.34. The lowest BCUT2D eigenvalue weighted by Crippen LogP contribution is -1.94. The normalized spacial score (nSPS) is 11.0. The first-order chi connectivity index (χ1) is 11.3. The number of fused-ring (bicyclic) bond motifs is 1. The molecule has 0 saturated carbocycles. The summed E-state index contributed by atoms with van der Waals surface area (Å²) >= 11 is 0. The van der Waals surface area contributed by atoms with Crippen LogP contribution in [0.1, 0.15) is 16.7 Å². The second kappa shape index (κ2) is 5.69. The molecule has 0 bridgehead atoms. The van der Waals surface area contributed by atoms with Gasteiger partial charge < -0.3 is 0 Å². The minimum absolute atomic E-state index is 0.872. The molecule has 3 heteroatoms. The molecule has 0 atom stereocenters. The van der Waals surface area contributed by atoms with Crippen LogP contribution in [0.3, 0.4) is 0 Å². The number of aromatic nitrogens is 3. The van der Waals surface area contributed by atoms with Gasteiger partial charge in [-0.2, -0.15) is 0 Å². The van der Waals surface area contributed by atoms with E-state index in [1.807, 2.05) is 24.3 Å². The zero-order valence-corrected chi connectivity index (χ0v) is 13.0. The first kappa shape index (κ1) is 13.7. The first-order valence-corrected chi connectivity index (χ1v) is 7.74. The van der Waals surface area contributed by atoms with Gasteiger partial charge in [-0.3, -0.25) is 4.40 Å². The van der Waals surface area contributed by atoms with E-state index in [0.29, 0.717) is 0 Å². The van der Waals surface area contributed by atoms with Gasteiger partial charge in [-0.25, -0.2) is 0 Å². The summed E-state index contributed by atoms with van der Waals surface area (Å²) in [5.74, 6) is 0.881. The van der Waals surface area contributed by atoms with Gasteiger partial charge in [0.15, 0.2) is 11.5 Å². The molecule has 0 unspecified atom stereocenters. The molecule has 23 heavy (non-hydrogen) atoms. The lowest BCUT2D eigenvalue weighted by molar-refractivity contribution is 1.09. The summed E-state index contributed by atoms with van der Waals surface area (Å²) in [5.41, 5.74) is 5.81. The molecule has 4 rings (SSSR count). The number of benzene rings is 2. The van der Waals surface area contributed by atoms with Crippen LogP contribution in [-0.4, -0.2) is 14.6 Å². The molecular formula is C20H17N3. The standard InChI is InChI=1S/C20H17N3/c1-15-6-5-7-16(12-15)13-17-10-11-19-21-22-20(23(19)14-17)18-8-3-2-4-9-18/h2-12,14H,13H2,1H3. The van der Waals surface area contributed by atoms with Crippen LogP contribution in [0, 0.1) is 6.92 Å². The van der Waals surface area contributed by atoms with E-state index >= 15 is 0 Å². The Labute approximate surface area is 135 Å². The van der Waals surface area contributed by atoms with Crippen molar-refractivity contribution >= 4 is 5.65 Å². The van der Waals surface area contributed by atoms with Crippen LogP contribution >= 0.6 is 0 Å². The fourth-order valence-corrected chi connectivity index (χ4v) is 2.88. The first-order valence-electron chi connectivity index (χ1n) is 7.74. The Bertz CT molecular complexity index is 955. The molecule has 0 aliphatic carbocycles. The smallest absolute Gasteiger partial charge is 0.168 e. The fraction of sp³-hybridized carbons (Fsp3) is 0.100. The highest BCUT2D eigenvalue weighted by Crippen LogP contribution is 2.19. The zero-order chi connectivity index (χ0) is 15.6. The van der Waals surface area contributed by atoms with Crippen molar-refractivity contribution in [2.75, 3.05) is 0 Å². The number of rotatable bonds is 3. The topological polar surface area (TPSA) is 30.2 Å². The van der Waals surface area contributed by atoms with E-state index < -0.39 is 0 Å². The van der Waals surface area contributed by atoms with Crippen molar-refractivity contribution in [2.45, 2.75) is 13.3 Å². The minimum Gasteiger partial charge on any atom is -0.282 e. The average molecular weight is 299 g/mol. The molecule has 0 fully saturated rings. The Kier molecular flexibility index (Phi) is 3.39. The molecule has 2 aromatic carbocycles. The van der Waals surface area contributed by atoms with E-state index in [0.717, 1.165) is 23.5 Å². The molecular weight excluding hydrogens is 282 g/mol. The maximum Gasteiger partial charge on any atom is 0.168 e. The highest BCUT2D eigenvalue weighted by Gasteiger charge is 2.08. The lowest BCUT2D eigenvalue weighted by Gasteiger charge is -2.05. The molecule has 0 saturated heterocycles. The molecule has 3 nitrogen and oxygen atoms in total. The van der Waals surface area contributed by atoms with E-state index in [4.69, 9.17) is 0 Å². The van der Waals surface area contributed by atoms with E-state index in [1.54, 1.807) is 0 Å². The van der Waals surface area contributed by atoms with E-state index in [1.165, 1.54) is 16.7 Å². The van der Waals surface area contributed by atoms with Gasteiger partial charge in [0.1, 0.15) is 0 Å². The Morgan fingerprint density at radius 2 is 1.70 bits per heavy atom. The molecule has 0 N–H and O–H groups in total. The van der Waals surface area contributed by atoms with Crippen molar-refractivity contribution in [3.63, 3.8) is 0 Å². The summed E-state index contributed by atoms with van der Waals surface area (Å²) in [6.07, 6.45) is 3.05. The van der Waals surface area contributed by atoms with Crippen LogP contribution in [0.2, 0.25) is 0 Å². The molecule has 0 amide bonds. The SMILES string of the molecule is Cc1cccc(Cc2ccc3nnc(-c4ccccc4)n3c2)c1. The summed E-state index contributed by atoms with van der Waals surface area (Å²) in [7, 11) is 0. The molecule has 2 aromatic heterocycles. The predicted octanol–water partition coefficient (Wildman–Crippen LogP) is 4.30. The maximum absolute atomic E-state index is 4.34. The van der Waals surface area contributed by atoms with Crippen molar-refractivity contribution in [1.29, 1.82) is 0 Å². The van der Waals surface area contributed by atoms with Crippen molar-refractivity contribution in [3.05, 3.63) is 89.6 Å². The monoisotopic (exact) mass is 299 g/mol. The highest BCUT2D eigenvalue weighted by molar-refractivity contribution is 5.59. The number of nitrogens with zero attached hydrogens (tertiary/aromatic N) is 3. The van der Waals surface area contributed by atoms with Crippen LogP contribution < -0.4 is 0 Å². The average Bonchev–Trinajstić information content (AvgIpc) is 2.99. The summed E-state index contributed by atoms with van der Waals surface area (Å²) < 4.78 is 2.07. The Morgan fingerprint density at radius 1 is 0.826 bits per heavy atom. The number of pyridine rings is 1. The molecule has 2 heterocycles.